The summed E-state index contributed by atoms with van der Waals surface area (Å²) in [6.07, 6.45) is 2.80. The van der Waals surface area contributed by atoms with Crippen molar-refractivity contribution < 1.29 is 28.3 Å². The minimum Gasteiger partial charge on any atom is -0.363 e. The number of nitrogens with two attached hydrogens (primary N) is 1. The van der Waals surface area contributed by atoms with E-state index in [1.54, 1.807) is 0 Å². The molecule has 5 amide bonds. The molecular weight excluding hydrogens is 574 g/mol. The molecule has 7 N–H and O–H groups in total. The summed E-state index contributed by atoms with van der Waals surface area (Å²) in [6.45, 7) is 17.6. The molecule has 43 heavy (non-hydrogen) atoms. The van der Waals surface area contributed by atoms with Gasteiger partial charge in [0, 0.05) is 25.7 Å². The van der Waals surface area contributed by atoms with Crippen molar-refractivity contribution in [2.45, 2.75) is 112 Å². The van der Waals surface area contributed by atoms with E-state index in [0.717, 1.165) is 12.8 Å². The van der Waals surface area contributed by atoms with Crippen molar-refractivity contribution in [2.75, 3.05) is 26.2 Å². The minimum absolute atomic E-state index is 0.0692. The van der Waals surface area contributed by atoms with Gasteiger partial charge in [0.15, 0.2) is 0 Å². The van der Waals surface area contributed by atoms with Gasteiger partial charge in [-0.05, 0) is 61.9 Å². The molecular formula is C29H55N7O6S. The maximum atomic E-state index is 13.9. The van der Waals surface area contributed by atoms with Crippen LogP contribution in [0.15, 0.2) is 0 Å². The Morgan fingerprint density at radius 3 is 2.19 bits per heavy atom. The summed E-state index contributed by atoms with van der Waals surface area (Å²) >= 11 is 3.64. The summed E-state index contributed by atoms with van der Waals surface area (Å²) in [5, 5.41) is 11.9. The van der Waals surface area contributed by atoms with Gasteiger partial charge in [0.2, 0.25) is 17.6 Å². The number of nitrogens with one attached hydrogen (secondary N) is 5. The Hall–Kier alpha value is -2.42. The molecule has 5 unspecified atom stereocenters. The Balaban J connectivity index is 3.01. The van der Waals surface area contributed by atoms with Crippen LogP contribution >= 0.6 is 12.9 Å². The van der Waals surface area contributed by atoms with E-state index < -0.39 is 47.2 Å². The molecule has 0 aromatic heterocycles. The van der Waals surface area contributed by atoms with Crippen LogP contribution in [-0.4, -0.2) is 84.8 Å². The number of Topliss-reactive ketones (excluding diaryl/α,β-unsaturated/α-hetero) is 1. The minimum atomic E-state index is -1.11. The van der Waals surface area contributed by atoms with Crippen LogP contribution in [0, 0.1) is 16.7 Å². The Labute approximate surface area is 262 Å². The zero-order valence-corrected chi connectivity index (χ0v) is 28.1. The third-order valence-corrected chi connectivity index (χ3v) is 7.96. The average Bonchev–Trinajstić information content (AvgIpc) is 3.40. The highest BCUT2D eigenvalue weighted by atomic mass is 32.1. The Morgan fingerprint density at radius 1 is 1.00 bits per heavy atom. The van der Waals surface area contributed by atoms with Crippen molar-refractivity contribution in [3.63, 3.8) is 0 Å². The molecule has 1 heterocycles. The summed E-state index contributed by atoms with van der Waals surface area (Å²) < 4.78 is 4.54. The SMILES string of the molecule is CCC(C)CC(NC(=O)C1CCCN1C(=O)C(NC(=O)NC(CNCCCNOS)C(C)(C)C)C(C)(C)C)C(=O)C(N)=O. The number of hydrogen-bond donors (Lipinski definition) is 7. The number of hydroxylamine groups is 1. The van der Waals surface area contributed by atoms with E-state index >= 15 is 0 Å². The smallest absolute Gasteiger partial charge is 0.315 e. The maximum Gasteiger partial charge on any atom is 0.315 e. The normalized spacial score (nSPS) is 18.3. The second-order valence-corrected chi connectivity index (χ2v) is 13.8. The number of rotatable bonds is 17. The lowest BCUT2D eigenvalue weighted by molar-refractivity contribution is -0.143. The highest BCUT2D eigenvalue weighted by Crippen LogP contribution is 2.26. The molecule has 0 aliphatic carbocycles. The number of thiol groups is 1. The summed E-state index contributed by atoms with van der Waals surface area (Å²) in [6, 6.07) is -3.55. The Morgan fingerprint density at radius 2 is 1.65 bits per heavy atom. The van der Waals surface area contributed by atoms with Gasteiger partial charge in [-0.2, -0.15) is 5.48 Å². The average molecular weight is 630 g/mol. The number of nitrogens with zero attached hydrogens (tertiary/aromatic N) is 1. The molecule has 0 saturated carbocycles. The number of carbonyl (C=O) groups excluding carboxylic acids is 5. The van der Waals surface area contributed by atoms with Crippen molar-refractivity contribution in [1.29, 1.82) is 0 Å². The number of hydrogen-bond acceptors (Lipinski definition) is 9. The summed E-state index contributed by atoms with van der Waals surface area (Å²) in [5.41, 5.74) is 6.95. The highest BCUT2D eigenvalue weighted by Gasteiger charge is 2.43. The van der Waals surface area contributed by atoms with Gasteiger partial charge in [-0.1, -0.05) is 61.8 Å². The van der Waals surface area contributed by atoms with Gasteiger partial charge in [-0.25, -0.2) is 9.08 Å². The van der Waals surface area contributed by atoms with Crippen LogP contribution in [0.2, 0.25) is 0 Å². The van der Waals surface area contributed by atoms with Crippen LogP contribution < -0.4 is 32.5 Å². The molecule has 1 saturated heterocycles. The van der Waals surface area contributed by atoms with Crippen molar-refractivity contribution in [1.82, 2.24) is 31.6 Å². The van der Waals surface area contributed by atoms with E-state index in [9.17, 15) is 24.0 Å². The number of carbonyl (C=O) groups is 5. The fourth-order valence-corrected chi connectivity index (χ4v) is 4.93. The third-order valence-electron chi connectivity index (χ3n) is 7.83. The van der Waals surface area contributed by atoms with Crippen LogP contribution in [0.4, 0.5) is 4.79 Å². The van der Waals surface area contributed by atoms with E-state index in [-0.39, 0.29) is 29.7 Å². The van der Waals surface area contributed by atoms with E-state index in [2.05, 4.69) is 43.9 Å². The van der Waals surface area contributed by atoms with Gasteiger partial charge in [0.1, 0.15) is 12.1 Å². The second-order valence-electron chi connectivity index (χ2n) is 13.6. The quantitative estimate of drug-likeness (QED) is 0.0414. The molecule has 1 rings (SSSR count). The van der Waals surface area contributed by atoms with Crippen molar-refractivity contribution >= 4 is 42.4 Å². The van der Waals surface area contributed by atoms with Gasteiger partial charge in [-0.3, -0.25) is 19.2 Å². The fraction of sp³-hybridized carbons (Fsp3) is 0.828. The molecule has 14 heteroatoms. The molecule has 248 valence electrons. The molecule has 0 aromatic rings. The van der Waals surface area contributed by atoms with Crippen LogP contribution in [0.25, 0.3) is 0 Å². The standard InChI is InChI=1S/C29H55N7O6S/c1-9-18(2)16-19(22(37)24(30)38)33-25(39)20-12-10-15-36(20)26(40)23(29(6,7)8)35-27(41)34-21(28(3,4)5)17-31-13-11-14-32-42-43/h18-21,23,31-32,43H,9-17H2,1-8H3,(H2,30,38)(H,33,39)(H2,34,35,41). The predicted octanol–water partition coefficient (Wildman–Crippen LogP) is 1.43. The molecule has 13 nitrogen and oxygen atoms in total. The van der Waals surface area contributed by atoms with Crippen LogP contribution in [0.1, 0.15) is 87.5 Å². The molecule has 1 fully saturated rings. The first-order chi connectivity index (χ1) is 19.9. The van der Waals surface area contributed by atoms with Gasteiger partial charge in [-0.15, -0.1) is 0 Å². The lowest BCUT2D eigenvalue weighted by Crippen LogP contribution is -2.61. The lowest BCUT2D eigenvalue weighted by Gasteiger charge is -2.37. The largest absolute Gasteiger partial charge is 0.363 e. The lowest BCUT2D eigenvalue weighted by atomic mass is 9.85. The Kier molecular flexibility index (Phi) is 16.0. The molecule has 0 bridgehead atoms. The molecule has 0 radical (unpaired) electrons. The van der Waals surface area contributed by atoms with E-state index in [0.29, 0.717) is 39.0 Å². The molecule has 0 aromatic carbocycles. The predicted molar refractivity (Wildman–Crippen MR) is 169 cm³/mol. The second kappa shape index (κ2) is 17.8. The van der Waals surface area contributed by atoms with Crippen LogP contribution in [0.5, 0.6) is 0 Å². The van der Waals surface area contributed by atoms with E-state index in [1.165, 1.54) is 4.90 Å². The fourth-order valence-electron chi connectivity index (χ4n) is 4.84. The van der Waals surface area contributed by atoms with Gasteiger partial charge in [0.05, 0.1) is 6.04 Å². The number of primary amides is 1. The summed E-state index contributed by atoms with van der Waals surface area (Å²) in [5.74, 6) is -2.80. The van der Waals surface area contributed by atoms with Crippen LogP contribution in [0.3, 0.4) is 0 Å². The number of amides is 5. The van der Waals surface area contributed by atoms with Gasteiger partial charge < -0.3 is 31.9 Å². The maximum absolute atomic E-state index is 13.9. The first kappa shape index (κ1) is 38.6. The number of likely N-dealkylation sites (tertiary alicyclic amines) is 1. The van der Waals surface area contributed by atoms with Gasteiger partial charge >= 0.3 is 6.03 Å². The summed E-state index contributed by atoms with van der Waals surface area (Å²) in [4.78, 5) is 66.1. The van der Waals surface area contributed by atoms with Crippen molar-refractivity contribution in [3.8, 4) is 0 Å². The molecule has 0 spiro atoms. The van der Waals surface area contributed by atoms with Crippen molar-refractivity contribution in [2.24, 2.45) is 22.5 Å². The number of ketones is 1. The van der Waals surface area contributed by atoms with Gasteiger partial charge in [0.25, 0.3) is 5.91 Å². The van der Waals surface area contributed by atoms with E-state index in [4.69, 9.17) is 5.73 Å². The monoisotopic (exact) mass is 629 g/mol. The molecule has 5 atom stereocenters. The zero-order chi connectivity index (χ0) is 33.0. The zero-order valence-electron chi connectivity index (χ0n) is 27.2. The Bertz CT molecular complexity index is 953. The van der Waals surface area contributed by atoms with Crippen molar-refractivity contribution in [3.05, 3.63) is 0 Å². The highest BCUT2D eigenvalue weighted by molar-refractivity contribution is 7.75. The topological polar surface area (TPSA) is 184 Å². The first-order valence-electron chi connectivity index (χ1n) is 15.2. The summed E-state index contributed by atoms with van der Waals surface area (Å²) in [7, 11) is 0. The molecule has 1 aliphatic rings. The third kappa shape index (κ3) is 13.0. The van der Waals surface area contributed by atoms with Crippen LogP contribution in [-0.2, 0) is 23.5 Å². The van der Waals surface area contributed by atoms with E-state index in [1.807, 2.05) is 55.4 Å². The first-order valence-corrected chi connectivity index (χ1v) is 15.6. The molecule has 1 aliphatic heterocycles. The number of urea groups is 1.